The van der Waals surface area contributed by atoms with E-state index in [9.17, 15) is 29.1 Å². The Balaban J connectivity index is 1.47. The molecule has 3 unspecified atom stereocenters. The maximum absolute atomic E-state index is 13.6. The lowest BCUT2D eigenvalue weighted by molar-refractivity contribution is -0.162. The first kappa shape index (κ1) is 32.1. The Bertz CT molecular complexity index is 1700. The largest absolute Gasteiger partial charge is 0.478 e. The number of fused-ring (bicyclic) bond motifs is 4. The van der Waals surface area contributed by atoms with Crippen molar-refractivity contribution >= 4 is 52.5 Å². The third kappa shape index (κ3) is 7.49. The number of anilines is 1. The topological polar surface area (TPSA) is 179 Å². The van der Waals surface area contributed by atoms with E-state index in [1.807, 2.05) is 24.3 Å². The molecule has 2 aliphatic heterocycles. The number of nitrogens with one attached hydrogen (secondary N) is 4. The number of hydrogen-bond donors (Lipinski definition) is 5. The number of ether oxygens (including phenoxy) is 1. The van der Waals surface area contributed by atoms with Gasteiger partial charge in [-0.25, -0.2) is 15.2 Å². The minimum Gasteiger partial charge on any atom is -0.478 e. The number of aromatic carboxylic acids is 1. The summed E-state index contributed by atoms with van der Waals surface area (Å²) < 4.78 is 5.78. The van der Waals surface area contributed by atoms with E-state index in [1.54, 1.807) is 44.2 Å². The molecule has 3 amide bonds. The SMILES string of the molecule is CC1NC(=O)C(Cc2ccc(C(=O)O)cc2)OC(=O)C(C)(C)/C=C/c2ccc3ccc(nc3c2)NNC(=O)C2CCCN(N2)C1=O. The number of hydrazine groups is 2. The van der Waals surface area contributed by atoms with Gasteiger partial charge in [-0.15, -0.1) is 0 Å². The second kappa shape index (κ2) is 13.4. The van der Waals surface area contributed by atoms with Gasteiger partial charge < -0.3 is 15.2 Å². The van der Waals surface area contributed by atoms with Crippen LogP contribution in [0.5, 0.6) is 0 Å². The van der Waals surface area contributed by atoms with Crippen LogP contribution in [0, 0.1) is 5.41 Å². The van der Waals surface area contributed by atoms with Crippen molar-refractivity contribution in [1.29, 1.82) is 0 Å². The summed E-state index contributed by atoms with van der Waals surface area (Å²) in [5, 5.41) is 14.1. The summed E-state index contributed by atoms with van der Waals surface area (Å²) in [6.45, 7) is 5.14. The van der Waals surface area contributed by atoms with Crippen LogP contribution in [-0.2, 0) is 30.3 Å². The van der Waals surface area contributed by atoms with Crippen LogP contribution < -0.4 is 21.6 Å². The van der Waals surface area contributed by atoms with Gasteiger partial charge >= 0.3 is 11.9 Å². The van der Waals surface area contributed by atoms with Crippen molar-refractivity contribution in [2.75, 3.05) is 12.0 Å². The van der Waals surface area contributed by atoms with Crippen LogP contribution in [-0.4, -0.2) is 69.5 Å². The van der Waals surface area contributed by atoms with Gasteiger partial charge in [0.05, 0.1) is 16.5 Å². The molecule has 5 rings (SSSR count). The molecule has 0 spiro atoms. The first-order valence-corrected chi connectivity index (χ1v) is 15.0. The Hall–Kier alpha value is -5.30. The molecule has 5 N–H and O–H groups in total. The van der Waals surface area contributed by atoms with Crippen molar-refractivity contribution in [2.24, 2.45) is 5.41 Å². The van der Waals surface area contributed by atoms with Crippen LogP contribution in [0.25, 0.3) is 17.0 Å². The van der Waals surface area contributed by atoms with Gasteiger partial charge in [0.15, 0.2) is 6.10 Å². The lowest BCUT2D eigenvalue weighted by atomic mass is 9.92. The zero-order chi connectivity index (χ0) is 33.0. The van der Waals surface area contributed by atoms with E-state index < -0.39 is 47.4 Å². The van der Waals surface area contributed by atoms with Crippen molar-refractivity contribution in [3.05, 3.63) is 77.4 Å². The maximum Gasteiger partial charge on any atom is 0.335 e. The van der Waals surface area contributed by atoms with Crippen molar-refractivity contribution in [3.63, 3.8) is 0 Å². The van der Waals surface area contributed by atoms with E-state index in [1.165, 1.54) is 24.1 Å². The Morgan fingerprint density at radius 2 is 1.76 bits per heavy atom. The fourth-order valence-corrected chi connectivity index (χ4v) is 5.10. The number of carbonyl (C=O) groups excluding carboxylic acids is 4. The quantitative estimate of drug-likeness (QED) is 0.271. The number of esters is 1. The van der Waals surface area contributed by atoms with Gasteiger partial charge in [-0.1, -0.05) is 36.4 Å². The number of aromatic nitrogens is 1. The van der Waals surface area contributed by atoms with Crippen LogP contribution in [0.2, 0.25) is 0 Å². The second-order valence-corrected chi connectivity index (χ2v) is 12.0. The van der Waals surface area contributed by atoms with Crippen LogP contribution in [0.15, 0.2) is 60.7 Å². The summed E-state index contributed by atoms with van der Waals surface area (Å²) in [7, 11) is 0. The number of benzene rings is 2. The lowest BCUT2D eigenvalue weighted by Gasteiger charge is -2.35. The molecule has 3 aromatic rings. The molecule has 0 saturated carbocycles. The van der Waals surface area contributed by atoms with E-state index in [2.05, 4.69) is 26.6 Å². The van der Waals surface area contributed by atoms with E-state index in [0.29, 0.717) is 36.3 Å². The average molecular weight is 629 g/mol. The molecule has 0 radical (unpaired) electrons. The molecular formula is C33H36N6O7. The number of pyridine rings is 1. The third-order valence-corrected chi connectivity index (χ3v) is 7.91. The minimum absolute atomic E-state index is 0.0614. The van der Waals surface area contributed by atoms with Crippen LogP contribution in [0.3, 0.4) is 0 Å². The molecule has 5 bridgehead atoms. The van der Waals surface area contributed by atoms with E-state index >= 15 is 0 Å². The predicted molar refractivity (Wildman–Crippen MR) is 169 cm³/mol. The maximum atomic E-state index is 13.6. The smallest absolute Gasteiger partial charge is 0.335 e. The Labute approximate surface area is 265 Å². The molecule has 13 nitrogen and oxygen atoms in total. The summed E-state index contributed by atoms with van der Waals surface area (Å²) in [6.07, 6.45) is 3.06. The third-order valence-electron chi connectivity index (χ3n) is 7.91. The van der Waals surface area contributed by atoms with Gasteiger partial charge in [0.1, 0.15) is 17.9 Å². The molecule has 1 saturated heterocycles. The highest BCUT2D eigenvalue weighted by molar-refractivity contribution is 5.92. The molecule has 3 atom stereocenters. The highest BCUT2D eigenvalue weighted by Crippen LogP contribution is 2.25. The van der Waals surface area contributed by atoms with E-state index in [0.717, 1.165) is 10.9 Å². The predicted octanol–water partition coefficient (Wildman–Crippen LogP) is 2.58. The van der Waals surface area contributed by atoms with Crippen molar-refractivity contribution < 1.29 is 33.8 Å². The number of hydrogen-bond acceptors (Lipinski definition) is 9. The summed E-state index contributed by atoms with van der Waals surface area (Å²) in [6, 6.07) is 13.3. The Morgan fingerprint density at radius 1 is 1.02 bits per heavy atom. The molecule has 2 aliphatic rings. The van der Waals surface area contributed by atoms with Gasteiger partial charge in [0.25, 0.3) is 17.7 Å². The van der Waals surface area contributed by atoms with Gasteiger partial charge in [-0.3, -0.25) is 35.0 Å². The Kier molecular flexibility index (Phi) is 9.33. The summed E-state index contributed by atoms with van der Waals surface area (Å²) in [5.41, 5.74) is 9.32. The molecule has 1 aromatic heterocycles. The highest BCUT2D eigenvalue weighted by atomic mass is 16.5. The van der Waals surface area contributed by atoms with Gasteiger partial charge in [0, 0.05) is 18.4 Å². The molecule has 0 aliphatic carbocycles. The average Bonchev–Trinajstić information content (AvgIpc) is 3.05. The van der Waals surface area contributed by atoms with Gasteiger partial charge in [-0.2, -0.15) is 0 Å². The molecule has 240 valence electrons. The normalized spacial score (nSPS) is 23.1. The fourth-order valence-electron chi connectivity index (χ4n) is 5.10. The van der Waals surface area contributed by atoms with Gasteiger partial charge in [-0.05, 0) is 75.1 Å². The number of carboxylic acid groups (broad SMARTS) is 1. The number of rotatable bonds is 3. The van der Waals surface area contributed by atoms with Crippen LogP contribution in [0.1, 0.15) is 55.1 Å². The number of amides is 3. The molecule has 13 heteroatoms. The Morgan fingerprint density at radius 3 is 2.50 bits per heavy atom. The first-order valence-electron chi connectivity index (χ1n) is 15.0. The van der Waals surface area contributed by atoms with E-state index in [4.69, 9.17) is 4.74 Å². The molecular weight excluding hydrogens is 592 g/mol. The summed E-state index contributed by atoms with van der Waals surface area (Å²) in [4.78, 5) is 69.3. The minimum atomic E-state index is -1.33. The number of carboxylic acids is 1. The zero-order valence-electron chi connectivity index (χ0n) is 25.7. The lowest BCUT2D eigenvalue weighted by Crippen LogP contribution is -2.61. The summed E-state index contributed by atoms with van der Waals surface area (Å²) >= 11 is 0. The van der Waals surface area contributed by atoms with Crippen molar-refractivity contribution in [1.82, 2.24) is 26.2 Å². The number of nitrogens with zero attached hydrogens (tertiary/aromatic N) is 2. The standard InChI is InChI=1S/C33H36N6O7/c1-19-30(42)39-16-4-5-24(38-39)28(40)37-36-27-13-12-22-9-6-21(17-25(22)35-27)14-15-33(2,3)32(45)46-26(29(41)34-19)18-20-7-10-23(11-8-20)31(43)44/h6-15,17,19,24,26,38H,4-5,16,18H2,1-3H3,(H,34,41)(H,35,36)(H,37,40)(H,43,44)/b15-14+. The van der Waals surface area contributed by atoms with Crippen molar-refractivity contribution in [2.45, 2.75) is 58.2 Å². The molecule has 46 heavy (non-hydrogen) atoms. The molecule has 3 heterocycles. The number of carbonyl (C=O) groups is 5. The van der Waals surface area contributed by atoms with Crippen molar-refractivity contribution in [3.8, 4) is 0 Å². The first-order chi connectivity index (χ1) is 21.9. The zero-order valence-corrected chi connectivity index (χ0v) is 25.7. The molecule has 2 aromatic carbocycles. The second-order valence-electron chi connectivity index (χ2n) is 12.0. The van der Waals surface area contributed by atoms with Crippen LogP contribution >= 0.6 is 0 Å². The number of cyclic esters (lactones) is 1. The van der Waals surface area contributed by atoms with Gasteiger partial charge in [0.2, 0.25) is 0 Å². The monoisotopic (exact) mass is 628 g/mol. The fraction of sp³-hybridized carbons (Fsp3) is 0.333. The van der Waals surface area contributed by atoms with E-state index in [-0.39, 0.29) is 17.9 Å². The summed E-state index contributed by atoms with van der Waals surface area (Å²) in [5.74, 6) is -2.92. The molecule has 1 fully saturated rings. The highest BCUT2D eigenvalue weighted by Gasteiger charge is 2.35. The van der Waals surface area contributed by atoms with Crippen LogP contribution in [0.4, 0.5) is 5.82 Å².